The summed E-state index contributed by atoms with van der Waals surface area (Å²) in [5, 5.41) is 8.80. The molecule has 0 bridgehead atoms. The Balaban J connectivity index is 3.34. The highest BCUT2D eigenvalue weighted by molar-refractivity contribution is 5.69. The Labute approximate surface area is 98.6 Å². The van der Waals surface area contributed by atoms with Crippen LogP contribution < -0.4 is 0 Å². The lowest BCUT2D eigenvalue weighted by atomic mass is 10.2. The van der Waals surface area contributed by atoms with Crippen LogP contribution in [0.2, 0.25) is 0 Å². The highest BCUT2D eigenvalue weighted by atomic mass is 16.5. The molecule has 4 nitrogen and oxygen atoms in total. The van der Waals surface area contributed by atoms with Crippen molar-refractivity contribution in [2.24, 2.45) is 0 Å². The van der Waals surface area contributed by atoms with Gasteiger partial charge in [-0.05, 0) is 32.9 Å². The van der Waals surface area contributed by atoms with Gasteiger partial charge in [-0.3, -0.25) is 4.79 Å². The smallest absolute Gasteiger partial charge is 0.305 e. The minimum atomic E-state index is -0.0924. The molecule has 0 radical (unpaired) electrons. The molecule has 1 N–H and O–H groups in total. The molecule has 0 amide bonds. The van der Waals surface area contributed by atoms with Crippen molar-refractivity contribution in [2.45, 2.75) is 39.5 Å². The van der Waals surface area contributed by atoms with Crippen LogP contribution in [0, 0.1) is 0 Å². The zero-order chi connectivity index (χ0) is 12.2. The molecule has 0 aliphatic carbocycles. The van der Waals surface area contributed by atoms with Crippen molar-refractivity contribution in [3.63, 3.8) is 0 Å². The van der Waals surface area contributed by atoms with E-state index in [1.54, 1.807) is 0 Å². The fraction of sp³-hybridized carbons (Fsp3) is 0.917. The predicted octanol–water partition coefficient (Wildman–Crippen LogP) is 1.42. The van der Waals surface area contributed by atoms with Crippen LogP contribution in [0.3, 0.4) is 0 Å². The summed E-state index contributed by atoms with van der Waals surface area (Å²) >= 11 is 0. The Morgan fingerprint density at radius 1 is 1.19 bits per heavy atom. The van der Waals surface area contributed by atoms with Crippen molar-refractivity contribution in [3.05, 3.63) is 0 Å². The molecular weight excluding hydrogens is 206 g/mol. The number of rotatable bonds is 10. The summed E-state index contributed by atoms with van der Waals surface area (Å²) in [4.78, 5) is 13.2. The molecule has 0 spiro atoms. The minimum Gasteiger partial charge on any atom is -0.466 e. The van der Waals surface area contributed by atoms with Crippen molar-refractivity contribution < 1.29 is 14.6 Å². The molecule has 0 rings (SSSR count). The molecule has 96 valence electrons. The van der Waals surface area contributed by atoms with Crippen molar-refractivity contribution in [1.29, 1.82) is 0 Å². The van der Waals surface area contributed by atoms with E-state index in [2.05, 4.69) is 11.8 Å². The third-order valence-electron chi connectivity index (χ3n) is 2.52. The zero-order valence-corrected chi connectivity index (χ0v) is 10.6. The first-order valence-electron chi connectivity index (χ1n) is 6.23. The maximum atomic E-state index is 11.0. The van der Waals surface area contributed by atoms with Crippen LogP contribution in [-0.2, 0) is 9.53 Å². The number of aliphatic hydroxyl groups excluding tert-OH is 1. The SMILES string of the molecule is CCOC(=O)CCCCCN(CC)CCO. The summed E-state index contributed by atoms with van der Waals surface area (Å²) in [6.45, 7) is 7.32. The number of nitrogens with zero attached hydrogens (tertiary/aromatic N) is 1. The highest BCUT2D eigenvalue weighted by Crippen LogP contribution is 2.03. The molecule has 0 fully saturated rings. The second kappa shape index (κ2) is 10.9. The van der Waals surface area contributed by atoms with Crippen molar-refractivity contribution in [2.75, 3.05) is 32.8 Å². The van der Waals surface area contributed by atoms with E-state index < -0.39 is 0 Å². The predicted molar refractivity (Wildman–Crippen MR) is 64.3 cm³/mol. The van der Waals surface area contributed by atoms with E-state index in [-0.39, 0.29) is 12.6 Å². The largest absolute Gasteiger partial charge is 0.466 e. The van der Waals surface area contributed by atoms with E-state index in [0.717, 1.165) is 38.9 Å². The Morgan fingerprint density at radius 3 is 2.50 bits per heavy atom. The lowest BCUT2D eigenvalue weighted by Crippen LogP contribution is -2.27. The third-order valence-corrected chi connectivity index (χ3v) is 2.52. The average Bonchev–Trinajstić information content (AvgIpc) is 2.27. The number of carbonyl (C=O) groups excluding carboxylic acids is 1. The van der Waals surface area contributed by atoms with Gasteiger partial charge in [0.05, 0.1) is 13.2 Å². The number of likely N-dealkylation sites (N-methyl/N-ethyl adjacent to an activating group) is 1. The topological polar surface area (TPSA) is 49.8 Å². The maximum Gasteiger partial charge on any atom is 0.305 e. The van der Waals surface area contributed by atoms with E-state index in [9.17, 15) is 4.79 Å². The lowest BCUT2D eigenvalue weighted by Gasteiger charge is -2.18. The average molecular weight is 231 g/mol. The van der Waals surface area contributed by atoms with Crippen LogP contribution in [0.4, 0.5) is 0 Å². The van der Waals surface area contributed by atoms with E-state index >= 15 is 0 Å². The summed E-state index contributed by atoms with van der Waals surface area (Å²) < 4.78 is 4.85. The second-order valence-electron chi connectivity index (χ2n) is 3.77. The number of carbonyl (C=O) groups is 1. The van der Waals surface area contributed by atoms with E-state index in [4.69, 9.17) is 9.84 Å². The van der Waals surface area contributed by atoms with Gasteiger partial charge in [0.25, 0.3) is 0 Å². The fourth-order valence-electron chi connectivity index (χ4n) is 1.58. The molecule has 0 saturated heterocycles. The molecule has 0 heterocycles. The van der Waals surface area contributed by atoms with Crippen LogP contribution in [-0.4, -0.2) is 48.8 Å². The summed E-state index contributed by atoms with van der Waals surface area (Å²) in [5.41, 5.74) is 0. The standard InChI is InChI=1S/C12H25NO3/c1-3-13(10-11-14)9-7-5-6-8-12(15)16-4-2/h14H,3-11H2,1-2H3. The first kappa shape index (κ1) is 15.4. The molecule has 0 unspecified atom stereocenters. The number of esters is 1. The van der Waals surface area contributed by atoms with Crippen LogP contribution in [0.25, 0.3) is 0 Å². The van der Waals surface area contributed by atoms with Crippen LogP contribution >= 0.6 is 0 Å². The van der Waals surface area contributed by atoms with Crippen LogP contribution in [0.1, 0.15) is 39.5 Å². The number of aliphatic hydroxyl groups is 1. The molecule has 0 aliphatic heterocycles. The number of unbranched alkanes of at least 4 members (excludes halogenated alkanes) is 2. The molecule has 0 aromatic carbocycles. The lowest BCUT2D eigenvalue weighted by molar-refractivity contribution is -0.143. The first-order valence-corrected chi connectivity index (χ1v) is 6.23. The molecule has 0 saturated carbocycles. The van der Waals surface area contributed by atoms with Gasteiger partial charge in [-0.15, -0.1) is 0 Å². The molecule has 16 heavy (non-hydrogen) atoms. The highest BCUT2D eigenvalue weighted by Gasteiger charge is 2.03. The minimum absolute atomic E-state index is 0.0924. The van der Waals surface area contributed by atoms with Crippen molar-refractivity contribution in [3.8, 4) is 0 Å². The molecule has 0 aliphatic rings. The third kappa shape index (κ3) is 8.68. The first-order chi connectivity index (χ1) is 7.74. The van der Waals surface area contributed by atoms with Gasteiger partial charge >= 0.3 is 5.97 Å². The molecular formula is C12H25NO3. The molecule has 4 heteroatoms. The van der Waals surface area contributed by atoms with Gasteiger partial charge in [-0.25, -0.2) is 0 Å². The van der Waals surface area contributed by atoms with Gasteiger partial charge in [0, 0.05) is 13.0 Å². The van der Waals surface area contributed by atoms with E-state index in [0.29, 0.717) is 13.0 Å². The zero-order valence-electron chi connectivity index (χ0n) is 10.6. The number of hydrogen-bond donors (Lipinski definition) is 1. The van der Waals surface area contributed by atoms with Gasteiger partial charge in [0.1, 0.15) is 0 Å². The summed E-state index contributed by atoms with van der Waals surface area (Å²) in [6.07, 6.45) is 3.55. The Morgan fingerprint density at radius 2 is 1.94 bits per heavy atom. The fourth-order valence-corrected chi connectivity index (χ4v) is 1.58. The Bertz CT molecular complexity index is 174. The van der Waals surface area contributed by atoms with Gasteiger partial charge in [0.2, 0.25) is 0 Å². The molecule has 0 atom stereocenters. The van der Waals surface area contributed by atoms with Gasteiger partial charge < -0.3 is 14.7 Å². The van der Waals surface area contributed by atoms with Crippen molar-refractivity contribution in [1.82, 2.24) is 4.90 Å². The number of ether oxygens (including phenoxy) is 1. The Hall–Kier alpha value is -0.610. The number of hydrogen-bond acceptors (Lipinski definition) is 4. The molecule has 0 aromatic heterocycles. The Kier molecular flexibility index (Phi) is 10.5. The summed E-state index contributed by atoms with van der Waals surface area (Å²) in [6, 6.07) is 0. The quantitative estimate of drug-likeness (QED) is 0.456. The van der Waals surface area contributed by atoms with Gasteiger partial charge in [-0.2, -0.15) is 0 Å². The van der Waals surface area contributed by atoms with Crippen LogP contribution in [0.5, 0.6) is 0 Å². The van der Waals surface area contributed by atoms with E-state index in [1.165, 1.54) is 0 Å². The van der Waals surface area contributed by atoms with Crippen LogP contribution in [0.15, 0.2) is 0 Å². The monoisotopic (exact) mass is 231 g/mol. The van der Waals surface area contributed by atoms with E-state index in [1.807, 2.05) is 6.92 Å². The van der Waals surface area contributed by atoms with Gasteiger partial charge in [-0.1, -0.05) is 13.3 Å². The summed E-state index contributed by atoms with van der Waals surface area (Å²) in [5.74, 6) is -0.0924. The second-order valence-corrected chi connectivity index (χ2v) is 3.77. The maximum absolute atomic E-state index is 11.0. The normalized spacial score (nSPS) is 10.8. The summed E-state index contributed by atoms with van der Waals surface area (Å²) in [7, 11) is 0. The molecule has 0 aromatic rings. The van der Waals surface area contributed by atoms with Gasteiger partial charge in [0.15, 0.2) is 0 Å². The van der Waals surface area contributed by atoms with Crippen molar-refractivity contribution >= 4 is 5.97 Å².